The van der Waals surface area contributed by atoms with Crippen molar-refractivity contribution < 1.29 is 28.6 Å². The van der Waals surface area contributed by atoms with E-state index in [1.165, 1.54) is 7.11 Å². The zero-order chi connectivity index (χ0) is 21.7. The van der Waals surface area contributed by atoms with Gasteiger partial charge in [0.1, 0.15) is 11.6 Å². The first kappa shape index (κ1) is 25.9. The number of hydrogen-bond acceptors (Lipinski definition) is 6. The number of carbonyl (C=O) groups is 2. The summed E-state index contributed by atoms with van der Waals surface area (Å²) in [6.07, 6.45) is -0.230. The van der Waals surface area contributed by atoms with E-state index in [9.17, 15) is 14.7 Å². The summed E-state index contributed by atoms with van der Waals surface area (Å²) in [6, 6.07) is -0.899. The van der Waals surface area contributed by atoms with Gasteiger partial charge < -0.3 is 24.3 Å². The summed E-state index contributed by atoms with van der Waals surface area (Å²) in [5.41, 5.74) is -1.80. The highest BCUT2D eigenvalue weighted by atomic mass is 28.4. The molecule has 0 spiro atoms. The van der Waals surface area contributed by atoms with Crippen LogP contribution in [0.15, 0.2) is 0 Å². The fourth-order valence-corrected chi connectivity index (χ4v) is 3.03. The van der Waals surface area contributed by atoms with Crippen LogP contribution in [0.3, 0.4) is 0 Å². The minimum Gasteiger partial charge on any atom is -0.467 e. The lowest BCUT2D eigenvalue weighted by Gasteiger charge is -2.38. The van der Waals surface area contributed by atoms with Crippen LogP contribution < -0.4 is 5.32 Å². The number of methoxy groups -OCH3 is 1. The fraction of sp³-hybridized carbons (Fsp3) is 0.895. The van der Waals surface area contributed by atoms with Gasteiger partial charge in [0, 0.05) is 0 Å². The predicted octanol–water partition coefficient (Wildman–Crippen LogP) is 3.61. The Morgan fingerprint density at radius 3 is 2.00 bits per heavy atom. The first-order valence-electron chi connectivity index (χ1n) is 9.34. The van der Waals surface area contributed by atoms with Crippen LogP contribution in [0.25, 0.3) is 0 Å². The lowest BCUT2D eigenvalue weighted by atomic mass is 9.98. The van der Waals surface area contributed by atoms with Crippen molar-refractivity contribution in [2.24, 2.45) is 0 Å². The maximum atomic E-state index is 12.0. The molecule has 0 saturated heterocycles. The molecular weight excluding hydrogens is 366 g/mol. The van der Waals surface area contributed by atoms with Gasteiger partial charge in [-0.25, -0.2) is 9.59 Å². The number of esters is 1. The summed E-state index contributed by atoms with van der Waals surface area (Å²) in [7, 11) is -0.739. The number of rotatable bonds is 8. The summed E-state index contributed by atoms with van der Waals surface area (Å²) in [5, 5.41) is 13.2. The molecule has 0 aliphatic carbocycles. The SMILES string of the molecule is COC(=O)C(CCC(C)(O)CO[Si](C)(C)C(C)(C)C)NC(=O)OC(C)(C)C. The Bertz CT molecular complexity index is 505. The average molecular weight is 406 g/mol. The molecule has 0 aromatic heterocycles. The summed E-state index contributed by atoms with van der Waals surface area (Å²) in [4.78, 5) is 23.9. The number of hydrogen-bond donors (Lipinski definition) is 2. The highest BCUT2D eigenvalue weighted by Gasteiger charge is 2.39. The molecule has 0 saturated carbocycles. The molecule has 7 nitrogen and oxygen atoms in total. The molecule has 0 heterocycles. The third-order valence-corrected chi connectivity index (χ3v) is 9.18. The minimum atomic E-state index is -1.99. The van der Waals surface area contributed by atoms with Crippen LogP contribution in [0.1, 0.15) is 61.3 Å². The normalized spacial score (nSPS) is 16.3. The van der Waals surface area contributed by atoms with Crippen LogP contribution in [0.2, 0.25) is 18.1 Å². The topological polar surface area (TPSA) is 94.1 Å². The van der Waals surface area contributed by atoms with E-state index >= 15 is 0 Å². The Labute approximate surface area is 165 Å². The van der Waals surface area contributed by atoms with Gasteiger partial charge in [-0.1, -0.05) is 20.8 Å². The third-order valence-electron chi connectivity index (χ3n) is 4.70. The molecule has 0 bridgehead atoms. The third kappa shape index (κ3) is 10.1. The molecule has 8 heteroatoms. The predicted molar refractivity (Wildman–Crippen MR) is 108 cm³/mol. The average Bonchev–Trinajstić information content (AvgIpc) is 2.46. The first-order valence-corrected chi connectivity index (χ1v) is 12.2. The molecule has 2 atom stereocenters. The molecule has 0 radical (unpaired) electrons. The van der Waals surface area contributed by atoms with Crippen molar-refractivity contribution in [3.63, 3.8) is 0 Å². The van der Waals surface area contributed by atoms with Crippen molar-refractivity contribution in [3.8, 4) is 0 Å². The summed E-state index contributed by atoms with van der Waals surface area (Å²) < 4.78 is 16.0. The van der Waals surface area contributed by atoms with E-state index in [1.807, 2.05) is 0 Å². The smallest absolute Gasteiger partial charge is 0.408 e. The van der Waals surface area contributed by atoms with Gasteiger partial charge in [0.2, 0.25) is 0 Å². The van der Waals surface area contributed by atoms with Gasteiger partial charge in [-0.3, -0.25) is 0 Å². The molecule has 2 N–H and O–H groups in total. The largest absolute Gasteiger partial charge is 0.467 e. The number of amides is 1. The van der Waals surface area contributed by atoms with E-state index < -0.39 is 37.6 Å². The standard InChI is InChI=1S/C19H39NO6Si/c1-17(2,3)26-16(22)20-14(15(21)24-8)11-12-19(7,23)13-25-27(9,10)18(4,5)6/h14,23H,11-13H2,1-10H3,(H,20,22). The van der Waals surface area contributed by atoms with E-state index in [2.05, 4.69) is 39.2 Å². The van der Waals surface area contributed by atoms with Gasteiger partial charge in [-0.15, -0.1) is 0 Å². The first-order chi connectivity index (χ1) is 11.9. The monoisotopic (exact) mass is 405 g/mol. The van der Waals surface area contributed by atoms with E-state index in [0.717, 1.165) is 0 Å². The number of aliphatic hydroxyl groups is 1. The zero-order valence-corrected chi connectivity index (χ0v) is 19.7. The van der Waals surface area contributed by atoms with Crippen LogP contribution in [-0.2, 0) is 18.7 Å². The second-order valence-corrected chi connectivity index (χ2v) is 14.6. The van der Waals surface area contributed by atoms with Gasteiger partial charge in [-0.2, -0.15) is 0 Å². The molecule has 2 unspecified atom stereocenters. The lowest BCUT2D eigenvalue weighted by molar-refractivity contribution is -0.143. The second kappa shape index (κ2) is 9.38. The van der Waals surface area contributed by atoms with Crippen LogP contribution in [-0.4, -0.2) is 56.4 Å². The van der Waals surface area contributed by atoms with Gasteiger partial charge in [0.25, 0.3) is 0 Å². The van der Waals surface area contributed by atoms with Crippen LogP contribution in [0.5, 0.6) is 0 Å². The van der Waals surface area contributed by atoms with Crippen molar-refractivity contribution in [2.45, 2.75) is 96.7 Å². The van der Waals surface area contributed by atoms with Crippen molar-refractivity contribution in [1.29, 1.82) is 0 Å². The summed E-state index contributed by atoms with van der Waals surface area (Å²) in [5.74, 6) is -0.582. The zero-order valence-electron chi connectivity index (χ0n) is 18.7. The quantitative estimate of drug-likeness (QED) is 0.473. The Hall–Kier alpha value is -1.12. The lowest BCUT2D eigenvalue weighted by Crippen LogP contribution is -2.47. The van der Waals surface area contributed by atoms with Crippen LogP contribution in [0, 0.1) is 0 Å². The van der Waals surface area contributed by atoms with Crippen LogP contribution in [0.4, 0.5) is 4.79 Å². The Morgan fingerprint density at radius 1 is 1.07 bits per heavy atom. The second-order valence-electron chi connectivity index (χ2n) is 9.81. The number of alkyl carbamates (subject to hydrolysis) is 1. The van der Waals surface area contributed by atoms with Crippen LogP contribution >= 0.6 is 0 Å². The Morgan fingerprint density at radius 2 is 1.59 bits per heavy atom. The van der Waals surface area contributed by atoms with Gasteiger partial charge in [0.05, 0.1) is 19.3 Å². The van der Waals surface area contributed by atoms with E-state index in [0.29, 0.717) is 0 Å². The molecule has 0 aliphatic heterocycles. The number of carbonyl (C=O) groups excluding carboxylic acids is 2. The molecule has 0 aromatic carbocycles. The molecule has 160 valence electrons. The molecule has 27 heavy (non-hydrogen) atoms. The maximum Gasteiger partial charge on any atom is 0.408 e. The van der Waals surface area contributed by atoms with Crippen molar-refractivity contribution in [3.05, 3.63) is 0 Å². The maximum absolute atomic E-state index is 12.0. The summed E-state index contributed by atoms with van der Waals surface area (Å²) >= 11 is 0. The van der Waals surface area contributed by atoms with E-state index in [-0.39, 0.29) is 24.5 Å². The van der Waals surface area contributed by atoms with Crippen molar-refractivity contribution in [2.75, 3.05) is 13.7 Å². The Balaban J connectivity index is 4.85. The van der Waals surface area contributed by atoms with E-state index in [4.69, 9.17) is 13.9 Å². The number of nitrogens with one attached hydrogen (secondary N) is 1. The summed E-state index contributed by atoms with van der Waals surface area (Å²) in [6.45, 7) is 17.7. The van der Waals surface area contributed by atoms with Crippen molar-refractivity contribution >= 4 is 20.4 Å². The molecule has 1 amide bonds. The Kier molecular flexibility index (Phi) is 8.99. The fourth-order valence-electron chi connectivity index (χ4n) is 1.92. The molecule has 0 fully saturated rings. The molecule has 0 rings (SSSR count). The molecular formula is C19H39NO6Si. The van der Waals surface area contributed by atoms with Crippen molar-refractivity contribution in [1.82, 2.24) is 5.32 Å². The van der Waals surface area contributed by atoms with Gasteiger partial charge in [-0.05, 0) is 58.7 Å². The van der Waals surface area contributed by atoms with Gasteiger partial charge >= 0.3 is 12.1 Å². The highest BCUT2D eigenvalue weighted by molar-refractivity contribution is 6.74. The highest BCUT2D eigenvalue weighted by Crippen LogP contribution is 2.37. The molecule has 0 aromatic rings. The molecule has 0 aliphatic rings. The van der Waals surface area contributed by atoms with E-state index in [1.54, 1.807) is 27.7 Å². The van der Waals surface area contributed by atoms with Gasteiger partial charge in [0.15, 0.2) is 8.32 Å². The number of ether oxygens (including phenoxy) is 2. The minimum absolute atomic E-state index is 0.0376.